The second-order valence-corrected chi connectivity index (χ2v) is 5.71. The van der Waals surface area contributed by atoms with Crippen LogP contribution in [-0.2, 0) is 11.3 Å². The number of furan rings is 1. The average molecular weight is 365 g/mol. The van der Waals surface area contributed by atoms with Gasteiger partial charge in [0.25, 0.3) is 5.91 Å². The average Bonchev–Trinajstić information content (AvgIpc) is 3.03. The van der Waals surface area contributed by atoms with Crippen LogP contribution in [0.15, 0.2) is 51.7 Å². The molecule has 0 atom stereocenters. The fraction of sp³-hybridized carbons (Fsp3) is 0.250. The van der Waals surface area contributed by atoms with Gasteiger partial charge in [0.1, 0.15) is 6.26 Å². The standard InChI is InChI=1S/C16H17BrN2O3/c1-19(10-12-4-2-3-5-14(12)17)15(20)6-8-18-16(21)13-7-9-22-11-13/h2-5,7,9,11H,6,8,10H2,1H3,(H,18,21). The summed E-state index contributed by atoms with van der Waals surface area (Å²) in [4.78, 5) is 25.4. The molecule has 0 aliphatic heterocycles. The summed E-state index contributed by atoms with van der Waals surface area (Å²) in [5.74, 6) is -0.266. The number of rotatable bonds is 6. The fourth-order valence-electron chi connectivity index (χ4n) is 1.94. The number of halogens is 1. The summed E-state index contributed by atoms with van der Waals surface area (Å²) in [6, 6.07) is 9.36. The summed E-state index contributed by atoms with van der Waals surface area (Å²) in [5, 5.41) is 2.69. The third-order valence-electron chi connectivity index (χ3n) is 3.20. The molecule has 5 nitrogen and oxygen atoms in total. The number of nitrogens with zero attached hydrogens (tertiary/aromatic N) is 1. The van der Waals surface area contributed by atoms with Gasteiger partial charge in [0.15, 0.2) is 0 Å². The van der Waals surface area contributed by atoms with Crippen LogP contribution in [0.1, 0.15) is 22.3 Å². The Morgan fingerprint density at radius 3 is 2.73 bits per heavy atom. The molecule has 0 bridgehead atoms. The molecule has 22 heavy (non-hydrogen) atoms. The normalized spacial score (nSPS) is 10.3. The van der Waals surface area contributed by atoms with Crippen LogP contribution < -0.4 is 5.32 Å². The van der Waals surface area contributed by atoms with Crippen molar-refractivity contribution >= 4 is 27.7 Å². The van der Waals surface area contributed by atoms with Crippen LogP contribution in [0.4, 0.5) is 0 Å². The molecule has 2 rings (SSSR count). The third-order valence-corrected chi connectivity index (χ3v) is 3.97. The first-order valence-electron chi connectivity index (χ1n) is 6.85. The molecular formula is C16H17BrN2O3. The predicted molar refractivity (Wildman–Crippen MR) is 86.3 cm³/mol. The topological polar surface area (TPSA) is 62.6 Å². The summed E-state index contributed by atoms with van der Waals surface area (Å²) >= 11 is 3.46. The number of nitrogens with one attached hydrogen (secondary N) is 1. The molecule has 0 radical (unpaired) electrons. The molecule has 0 spiro atoms. The minimum absolute atomic E-state index is 0.0248. The summed E-state index contributed by atoms with van der Waals surface area (Å²) in [6.45, 7) is 0.819. The number of carbonyl (C=O) groups excluding carboxylic acids is 2. The van der Waals surface area contributed by atoms with Crippen molar-refractivity contribution in [2.75, 3.05) is 13.6 Å². The Labute approximate surface area is 137 Å². The van der Waals surface area contributed by atoms with E-state index in [1.54, 1.807) is 18.0 Å². The van der Waals surface area contributed by atoms with E-state index < -0.39 is 0 Å². The number of amides is 2. The molecule has 0 unspecified atom stereocenters. The van der Waals surface area contributed by atoms with Gasteiger partial charge >= 0.3 is 0 Å². The minimum atomic E-state index is -0.241. The Kier molecular flexibility index (Phi) is 5.77. The lowest BCUT2D eigenvalue weighted by Gasteiger charge is -2.18. The van der Waals surface area contributed by atoms with Crippen molar-refractivity contribution in [2.45, 2.75) is 13.0 Å². The molecule has 6 heteroatoms. The molecule has 1 heterocycles. The SMILES string of the molecule is CN(Cc1ccccc1Br)C(=O)CCNC(=O)c1ccoc1. The lowest BCUT2D eigenvalue weighted by atomic mass is 10.2. The van der Waals surface area contributed by atoms with Gasteiger partial charge in [-0.15, -0.1) is 0 Å². The summed E-state index contributed by atoms with van der Waals surface area (Å²) in [5.41, 5.74) is 1.50. The molecule has 116 valence electrons. The quantitative estimate of drug-likeness (QED) is 0.856. The zero-order valence-corrected chi connectivity index (χ0v) is 13.8. The van der Waals surface area contributed by atoms with Crippen molar-refractivity contribution < 1.29 is 14.0 Å². The van der Waals surface area contributed by atoms with E-state index in [9.17, 15) is 9.59 Å². The largest absolute Gasteiger partial charge is 0.472 e. The molecule has 0 aliphatic rings. The lowest BCUT2D eigenvalue weighted by Crippen LogP contribution is -2.31. The van der Waals surface area contributed by atoms with Gasteiger partial charge in [-0.3, -0.25) is 9.59 Å². The predicted octanol–water partition coefficient (Wildman–Crippen LogP) is 2.82. The highest BCUT2D eigenvalue weighted by molar-refractivity contribution is 9.10. The van der Waals surface area contributed by atoms with E-state index in [0.717, 1.165) is 10.0 Å². The highest BCUT2D eigenvalue weighted by Crippen LogP contribution is 2.17. The highest BCUT2D eigenvalue weighted by atomic mass is 79.9. The minimum Gasteiger partial charge on any atom is -0.472 e. The molecule has 0 saturated heterocycles. The first-order chi connectivity index (χ1) is 10.6. The van der Waals surface area contributed by atoms with Crippen LogP contribution in [0, 0.1) is 0 Å². The monoisotopic (exact) mass is 364 g/mol. The van der Waals surface area contributed by atoms with Gasteiger partial charge in [-0.25, -0.2) is 0 Å². The van der Waals surface area contributed by atoms with E-state index in [2.05, 4.69) is 21.2 Å². The van der Waals surface area contributed by atoms with Gasteiger partial charge in [-0.05, 0) is 17.7 Å². The number of hydrogen-bond acceptors (Lipinski definition) is 3. The van der Waals surface area contributed by atoms with Crippen molar-refractivity contribution in [3.63, 3.8) is 0 Å². The van der Waals surface area contributed by atoms with Gasteiger partial charge < -0.3 is 14.6 Å². The maximum atomic E-state index is 12.1. The molecule has 0 saturated carbocycles. The molecule has 0 fully saturated rings. The van der Waals surface area contributed by atoms with Crippen LogP contribution >= 0.6 is 15.9 Å². The smallest absolute Gasteiger partial charge is 0.254 e. The summed E-state index contributed by atoms with van der Waals surface area (Å²) in [6.07, 6.45) is 3.06. The van der Waals surface area contributed by atoms with Crippen LogP contribution in [0.2, 0.25) is 0 Å². The zero-order valence-electron chi connectivity index (χ0n) is 12.2. The Hall–Kier alpha value is -2.08. The Morgan fingerprint density at radius 1 is 1.27 bits per heavy atom. The van der Waals surface area contributed by atoms with Gasteiger partial charge in [0.05, 0.1) is 11.8 Å². The fourth-order valence-corrected chi connectivity index (χ4v) is 2.35. The lowest BCUT2D eigenvalue weighted by molar-refractivity contribution is -0.130. The number of carbonyl (C=O) groups is 2. The summed E-state index contributed by atoms with van der Waals surface area (Å²) < 4.78 is 5.81. The molecular weight excluding hydrogens is 348 g/mol. The van der Waals surface area contributed by atoms with E-state index in [-0.39, 0.29) is 18.2 Å². The van der Waals surface area contributed by atoms with Crippen LogP contribution in [-0.4, -0.2) is 30.3 Å². The first-order valence-corrected chi connectivity index (χ1v) is 7.65. The Balaban J connectivity index is 1.77. The third kappa shape index (κ3) is 4.46. The maximum absolute atomic E-state index is 12.1. The molecule has 1 aromatic heterocycles. The Bertz CT molecular complexity index is 641. The van der Waals surface area contributed by atoms with Crippen LogP contribution in [0.3, 0.4) is 0 Å². The van der Waals surface area contributed by atoms with E-state index in [4.69, 9.17) is 4.42 Å². The molecule has 0 aliphatic carbocycles. The van der Waals surface area contributed by atoms with Crippen molar-refractivity contribution in [1.82, 2.24) is 10.2 Å². The van der Waals surface area contributed by atoms with E-state index in [1.807, 2.05) is 24.3 Å². The second kappa shape index (κ2) is 7.79. The second-order valence-electron chi connectivity index (χ2n) is 4.86. The Morgan fingerprint density at radius 2 is 2.05 bits per heavy atom. The van der Waals surface area contributed by atoms with Crippen LogP contribution in [0.5, 0.6) is 0 Å². The molecule has 2 amide bonds. The van der Waals surface area contributed by atoms with E-state index in [0.29, 0.717) is 18.7 Å². The van der Waals surface area contributed by atoms with Crippen molar-refractivity contribution in [2.24, 2.45) is 0 Å². The van der Waals surface area contributed by atoms with Crippen molar-refractivity contribution in [1.29, 1.82) is 0 Å². The van der Waals surface area contributed by atoms with Gasteiger partial charge in [-0.1, -0.05) is 34.1 Å². The van der Waals surface area contributed by atoms with E-state index in [1.165, 1.54) is 12.5 Å². The van der Waals surface area contributed by atoms with Gasteiger partial charge in [-0.2, -0.15) is 0 Å². The van der Waals surface area contributed by atoms with Crippen molar-refractivity contribution in [3.05, 3.63) is 58.5 Å². The highest BCUT2D eigenvalue weighted by Gasteiger charge is 2.12. The number of hydrogen-bond donors (Lipinski definition) is 1. The first kappa shape index (κ1) is 16.3. The molecule has 1 N–H and O–H groups in total. The van der Waals surface area contributed by atoms with Crippen molar-refractivity contribution in [3.8, 4) is 0 Å². The van der Waals surface area contributed by atoms with E-state index >= 15 is 0 Å². The maximum Gasteiger partial charge on any atom is 0.254 e. The van der Waals surface area contributed by atoms with Crippen LogP contribution in [0.25, 0.3) is 0 Å². The number of benzene rings is 1. The van der Waals surface area contributed by atoms with Gasteiger partial charge in [0.2, 0.25) is 5.91 Å². The molecule has 1 aromatic carbocycles. The summed E-state index contributed by atoms with van der Waals surface area (Å²) in [7, 11) is 1.75. The molecule has 2 aromatic rings. The zero-order chi connectivity index (χ0) is 15.9. The van der Waals surface area contributed by atoms with Gasteiger partial charge in [0, 0.05) is 31.0 Å².